The first kappa shape index (κ1) is 14.4. The van der Waals surface area contributed by atoms with Gasteiger partial charge in [-0.3, -0.25) is 4.79 Å². The highest BCUT2D eigenvalue weighted by Gasteiger charge is 2.40. The minimum absolute atomic E-state index is 0.533. The molecule has 0 aromatic heterocycles. The Morgan fingerprint density at radius 1 is 1.10 bits per heavy atom. The van der Waals surface area contributed by atoms with Gasteiger partial charge in [0.25, 0.3) is 0 Å². The van der Waals surface area contributed by atoms with E-state index < -0.39 is 11.7 Å². The summed E-state index contributed by atoms with van der Waals surface area (Å²) in [6.07, 6.45) is -0.345. The van der Waals surface area contributed by atoms with E-state index in [1.807, 2.05) is 4.90 Å². The fourth-order valence-electron chi connectivity index (χ4n) is 3.88. The number of hydrogen-bond donors (Lipinski definition) is 0. The molecule has 2 unspecified atom stereocenters. The van der Waals surface area contributed by atoms with Crippen LogP contribution in [0.15, 0.2) is 24.3 Å². The van der Waals surface area contributed by atoms with Crippen LogP contribution >= 0.6 is 0 Å². The summed E-state index contributed by atoms with van der Waals surface area (Å²) in [7, 11) is 0. The molecule has 0 radical (unpaired) electrons. The van der Waals surface area contributed by atoms with Gasteiger partial charge in [0.2, 0.25) is 6.41 Å². The van der Waals surface area contributed by atoms with Crippen LogP contribution in [0.2, 0.25) is 0 Å². The highest BCUT2D eigenvalue weighted by atomic mass is 19.4. The zero-order valence-electron chi connectivity index (χ0n) is 11.6. The van der Waals surface area contributed by atoms with E-state index in [1.165, 1.54) is 12.1 Å². The molecule has 2 aliphatic rings. The summed E-state index contributed by atoms with van der Waals surface area (Å²) in [4.78, 5) is 12.6. The molecule has 1 aliphatic carbocycles. The van der Waals surface area contributed by atoms with Crippen LogP contribution in [0.25, 0.3) is 0 Å². The van der Waals surface area contributed by atoms with Crippen molar-refractivity contribution in [3.8, 4) is 0 Å². The number of carbonyl (C=O) groups is 1. The molecule has 1 heterocycles. The molecule has 1 saturated carbocycles. The van der Waals surface area contributed by atoms with Gasteiger partial charge in [0, 0.05) is 13.1 Å². The number of benzene rings is 1. The Balaban J connectivity index is 1.58. The van der Waals surface area contributed by atoms with E-state index in [1.54, 1.807) is 12.1 Å². The molecule has 21 heavy (non-hydrogen) atoms. The van der Waals surface area contributed by atoms with Crippen molar-refractivity contribution in [1.82, 2.24) is 4.90 Å². The fraction of sp³-hybridized carbons (Fsp3) is 0.562. The van der Waals surface area contributed by atoms with Crippen molar-refractivity contribution in [2.45, 2.75) is 25.4 Å². The topological polar surface area (TPSA) is 20.3 Å². The van der Waals surface area contributed by atoms with Crippen LogP contribution in [-0.2, 0) is 17.4 Å². The van der Waals surface area contributed by atoms with E-state index >= 15 is 0 Å². The van der Waals surface area contributed by atoms with E-state index in [2.05, 4.69) is 0 Å². The summed E-state index contributed by atoms with van der Waals surface area (Å²) in [6, 6.07) is 5.52. The van der Waals surface area contributed by atoms with Gasteiger partial charge in [0.05, 0.1) is 5.56 Å². The van der Waals surface area contributed by atoms with Crippen LogP contribution in [0.4, 0.5) is 13.2 Å². The van der Waals surface area contributed by atoms with E-state index in [0.29, 0.717) is 17.8 Å². The van der Waals surface area contributed by atoms with Gasteiger partial charge in [0.1, 0.15) is 0 Å². The van der Waals surface area contributed by atoms with Crippen molar-refractivity contribution in [2.75, 3.05) is 13.1 Å². The molecular weight excluding hydrogens is 279 g/mol. The predicted octanol–water partition coefficient (Wildman–Crippen LogP) is 3.36. The molecule has 0 spiro atoms. The molecule has 0 bridgehead atoms. The molecule has 1 amide bonds. The minimum Gasteiger partial charge on any atom is -0.345 e. The number of carbonyl (C=O) groups excluding carboxylic acids is 1. The van der Waals surface area contributed by atoms with Gasteiger partial charge in [-0.15, -0.1) is 0 Å². The second-order valence-electron chi connectivity index (χ2n) is 6.32. The number of nitrogens with zero attached hydrogens (tertiary/aromatic N) is 1. The molecule has 0 N–H and O–H groups in total. The molecule has 1 aromatic rings. The first-order valence-corrected chi connectivity index (χ1v) is 7.31. The molecule has 5 heteroatoms. The molecule has 2 atom stereocenters. The largest absolute Gasteiger partial charge is 0.416 e. The Morgan fingerprint density at radius 3 is 2.14 bits per heavy atom. The van der Waals surface area contributed by atoms with Crippen molar-refractivity contribution >= 4 is 6.41 Å². The van der Waals surface area contributed by atoms with E-state index in [0.717, 1.165) is 44.3 Å². The monoisotopic (exact) mass is 297 g/mol. The summed E-state index contributed by atoms with van der Waals surface area (Å²) < 4.78 is 37.6. The van der Waals surface area contributed by atoms with E-state index in [-0.39, 0.29) is 0 Å². The van der Waals surface area contributed by atoms with E-state index in [9.17, 15) is 18.0 Å². The quantitative estimate of drug-likeness (QED) is 0.783. The van der Waals surface area contributed by atoms with Gasteiger partial charge < -0.3 is 4.90 Å². The van der Waals surface area contributed by atoms with Crippen LogP contribution in [0, 0.1) is 17.8 Å². The van der Waals surface area contributed by atoms with Crippen LogP contribution in [0.1, 0.15) is 24.0 Å². The molecule has 1 saturated heterocycles. The van der Waals surface area contributed by atoms with Gasteiger partial charge in [0.15, 0.2) is 0 Å². The Hall–Kier alpha value is -1.52. The van der Waals surface area contributed by atoms with Crippen LogP contribution in [0.5, 0.6) is 0 Å². The molecule has 2 nitrogen and oxygen atoms in total. The van der Waals surface area contributed by atoms with Crippen LogP contribution in [-0.4, -0.2) is 24.4 Å². The highest BCUT2D eigenvalue weighted by molar-refractivity contribution is 5.47. The molecule has 3 rings (SSSR count). The van der Waals surface area contributed by atoms with Crippen molar-refractivity contribution in [3.63, 3.8) is 0 Å². The molecule has 1 aromatic carbocycles. The Kier molecular flexibility index (Phi) is 3.68. The number of fused-ring (bicyclic) bond motifs is 1. The molecular formula is C16H18F3NO. The lowest BCUT2D eigenvalue weighted by atomic mass is 9.95. The minimum atomic E-state index is -4.26. The van der Waals surface area contributed by atoms with E-state index in [4.69, 9.17) is 0 Å². The third kappa shape index (κ3) is 3.06. The van der Waals surface area contributed by atoms with Crippen LogP contribution < -0.4 is 0 Å². The summed E-state index contributed by atoms with van der Waals surface area (Å²) in [5, 5.41) is 0. The van der Waals surface area contributed by atoms with Gasteiger partial charge in [-0.1, -0.05) is 12.1 Å². The number of amides is 1. The standard InChI is InChI=1S/C16H18F3NO/c17-16(18,19)15-3-1-11(2-4-15)5-12-6-13-8-20(10-21)9-14(13)7-12/h1-4,10,12-14H,5-9H2. The first-order chi connectivity index (χ1) is 9.95. The summed E-state index contributed by atoms with van der Waals surface area (Å²) in [6.45, 7) is 1.69. The normalized spacial score (nSPS) is 28.7. The number of rotatable bonds is 3. The van der Waals surface area contributed by atoms with Crippen molar-refractivity contribution in [1.29, 1.82) is 0 Å². The summed E-state index contributed by atoms with van der Waals surface area (Å²) >= 11 is 0. The third-order valence-corrected chi connectivity index (χ3v) is 4.83. The lowest BCUT2D eigenvalue weighted by Gasteiger charge is -2.15. The Bertz CT molecular complexity index is 497. The van der Waals surface area contributed by atoms with Crippen molar-refractivity contribution in [2.24, 2.45) is 17.8 Å². The zero-order valence-corrected chi connectivity index (χ0v) is 11.6. The zero-order chi connectivity index (χ0) is 15.0. The third-order valence-electron chi connectivity index (χ3n) is 4.83. The summed E-state index contributed by atoms with van der Waals surface area (Å²) in [5.41, 5.74) is 0.386. The Labute approximate surface area is 121 Å². The number of halogens is 3. The van der Waals surface area contributed by atoms with Crippen molar-refractivity contribution in [3.05, 3.63) is 35.4 Å². The van der Waals surface area contributed by atoms with Gasteiger partial charge in [-0.2, -0.15) is 13.2 Å². The lowest BCUT2D eigenvalue weighted by Crippen LogP contribution is -2.20. The molecule has 2 fully saturated rings. The maximum Gasteiger partial charge on any atom is 0.416 e. The smallest absolute Gasteiger partial charge is 0.345 e. The number of alkyl halides is 3. The number of likely N-dealkylation sites (tertiary alicyclic amines) is 1. The van der Waals surface area contributed by atoms with Crippen molar-refractivity contribution < 1.29 is 18.0 Å². The van der Waals surface area contributed by atoms with Gasteiger partial charge in [-0.25, -0.2) is 0 Å². The number of hydrogen-bond acceptors (Lipinski definition) is 1. The maximum atomic E-state index is 12.5. The second-order valence-corrected chi connectivity index (χ2v) is 6.32. The lowest BCUT2D eigenvalue weighted by molar-refractivity contribution is -0.137. The second kappa shape index (κ2) is 5.35. The summed E-state index contributed by atoms with van der Waals surface area (Å²) in [5.74, 6) is 1.69. The average Bonchev–Trinajstić information content (AvgIpc) is 2.95. The fourth-order valence-corrected chi connectivity index (χ4v) is 3.88. The average molecular weight is 297 g/mol. The van der Waals surface area contributed by atoms with Gasteiger partial charge in [-0.05, 0) is 54.7 Å². The SMILES string of the molecule is O=CN1CC2CC(Cc3ccc(C(F)(F)F)cc3)CC2C1. The molecule has 114 valence electrons. The van der Waals surface area contributed by atoms with Crippen LogP contribution in [0.3, 0.4) is 0 Å². The highest BCUT2D eigenvalue weighted by Crippen LogP contribution is 2.42. The van der Waals surface area contributed by atoms with Gasteiger partial charge >= 0.3 is 6.18 Å². The Morgan fingerprint density at radius 2 is 1.67 bits per heavy atom. The first-order valence-electron chi connectivity index (χ1n) is 7.31. The molecule has 1 aliphatic heterocycles. The predicted molar refractivity (Wildman–Crippen MR) is 72.5 cm³/mol. The maximum absolute atomic E-state index is 12.5.